The van der Waals surface area contributed by atoms with Crippen LogP contribution >= 0.6 is 0 Å². The Hall–Kier alpha value is -2.57. The highest BCUT2D eigenvalue weighted by atomic mass is 16.2. The zero-order chi connectivity index (χ0) is 19.9. The zero-order valence-electron chi connectivity index (χ0n) is 16.9. The maximum atomic E-state index is 12.5. The van der Waals surface area contributed by atoms with Crippen molar-refractivity contribution in [3.63, 3.8) is 0 Å². The van der Waals surface area contributed by atoms with E-state index in [1.807, 2.05) is 23.1 Å². The van der Waals surface area contributed by atoms with Gasteiger partial charge in [0.05, 0.1) is 0 Å². The third-order valence-electron chi connectivity index (χ3n) is 5.40. The number of amides is 3. The number of aliphatic imine (C=N–C) groups is 1. The molecule has 2 atom stereocenters. The lowest BCUT2D eigenvalue weighted by atomic mass is 10.1. The number of hydrogen-bond acceptors (Lipinski definition) is 3. The molecule has 0 bridgehead atoms. The molecular weight excluding hydrogens is 354 g/mol. The lowest BCUT2D eigenvalue weighted by molar-refractivity contribution is -0.127. The fraction of sp³-hybridized carbons (Fsp3) is 0.571. The summed E-state index contributed by atoms with van der Waals surface area (Å²) in [6.07, 6.45) is 6.08. The van der Waals surface area contributed by atoms with Crippen molar-refractivity contribution in [2.24, 2.45) is 4.99 Å². The average Bonchev–Trinajstić information content (AvgIpc) is 3.06. The van der Waals surface area contributed by atoms with E-state index in [4.69, 9.17) is 4.99 Å². The van der Waals surface area contributed by atoms with Gasteiger partial charge >= 0.3 is 6.03 Å². The Bertz CT molecular complexity index is 706. The number of urea groups is 1. The first-order chi connectivity index (χ1) is 13.6. The lowest BCUT2D eigenvalue weighted by Crippen LogP contribution is -2.64. The number of aryl methyl sites for hydroxylation is 1. The second kappa shape index (κ2) is 9.57. The van der Waals surface area contributed by atoms with Crippen molar-refractivity contribution in [2.45, 2.75) is 57.7 Å². The molecule has 0 radical (unpaired) electrons. The van der Waals surface area contributed by atoms with Crippen LogP contribution in [0, 0.1) is 0 Å². The molecular formula is C21H31N5O2. The number of rotatable bonds is 9. The van der Waals surface area contributed by atoms with Gasteiger partial charge in [-0.05, 0) is 24.8 Å². The van der Waals surface area contributed by atoms with Crippen molar-refractivity contribution in [1.82, 2.24) is 20.4 Å². The smallest absolute Gasteiger partial charge is 0.325 e. The fourth-order valence-electron chi connectivity index (χ4n) is 3.79. The minimum absolute atomic E-state index is 0.253. The van der Waals surface area contributed by atoms with Gasteiger partial charge in [-0.15, -0.1) is 0 Å². The highest BCUT2D eigenvalue weighted by molar-refractivity contribution is 6.04. The van der Waals surface area contributed by atoms with E-state index in [0.29, 0.717) is 6.54 Å². The number of benzene rings is 1. The third kappa shape index (κ3) is 4.64. The van der Waals surface area contributed by atoms with E-state index < -0.39 is 6.04 Å². The monoisotopic (exact) mass is 385 g/mol. The van der Waals surface area contributed by atoms with Crippen molar-refractivity contribution in [3.05, 3.63) is 35.9 Å². The van der Waals surface area contributed by atoms with Crippen LogP contribution in [0.5, 0.6) is 0 Å². The highest BCUT2D eigenvalue weighted by Gasteiger charge is 2.49. The zero-order valence-corrected chi connectivity index (χ0v) is 16.9. The summed E-state index contributed by atoms with van der Waals surface area (Å²) in [5.74, 6) is 0.479. The van der Waals surface area contributed by atoms with Crippen LogP contribution in [0.15, 0.2) is 35.3 Å². The second-order valence-corrected chi connectivity index (χ2v) is 7.49. The van der Waals surface area contributed by atoms with E-state index in [1.54, 1.807) is 11.9 Å². The van der Waals surface area contributed by atoms with Crippen molar-refractivity contribution in [3.8, 4) is 0 Å². The number of carbonyl (C=O) groups excluding carboxylic acids is 2. The van der Waals surface area contributed by atoms with E-state index in [0.717, 1.165) is 38.2 Å². The van der Waals surface area contributed by atoms with Crippen LogP contribution in [0.3, 0.4) is 0 Å². The fourth-order valence-corrected chi connectivity index (χ4v) is 3.79. The number of unbranched alkanes of at least 4 members (excludes halogenated alkanes) is 3. The van der Waals surface area contributed by atoms with Crippen molar-refractivity contribution in [2.75, 3.05) is 20.1 Å². The predicted octanol–water partition coefficient (Wildman–Crippen LogP) is 2.34. The predicted molar refractivity (Wildman–Crippen MR) is 110 cm³/mol. The van der Waals surface area contributed by atoms with Crippen molar-refractivity contribution < 1.29 is 9.59 Å². The van der Waals surface area contributed by atoms with Crippen LogP contribution in [0.1, 0.15) is 44.6 Å². The number of likely N-dealkylation sites (N-methyl/N-ethyl adjacent to an activating group) is 1. The van der Waals surface area contributed by atoms with Crippen LogP contribution < -0.4 is 10.6 Å². The molecule has 2 saturated heterocycles. The van der Waals surface area contributed by atoms with E-state index in [2.05, 4.69) is 29.7 Å². The van der Waals surface area contributed by atoms with Gasteiger partial charge in [-0.1, -0.05) is 56.5 Å². The van der Waals surface area contributed by atoms with Gasteiger partial charge in [0, 0.05) is 20.1 Å². The Morgan fingerprint density at radius 2 is 1.86 bits per heavy atom. The van der Waals surface area contributed by atoms with Gasteiger partial charge in [0.1, 0.15) is 6.17 Å². The highest BCUT2D eigenvalue weighted by Crippen LogP contribution is 2.21. The summed E-state index contributed by atoms with van der Waals surface area (Å²) in [6.45, 7) is 3.64. The van der Waals surface area contributed by atoms with Gasteiger partial charge in [0.2, 0.25) is 0 Å². The average molecular weight is 386 g/mol. The molecule has 152 valence electrons. The lowest BCUT2D eigenvalue weighted by Gasteiger charge is -2.35. The molecule has 0 saturated carbocycles. The number of carbonyl (C=O) groups is 2. The first-order valence-electron chi connectivity index (χ1n) is 10.3. The molecule has 1 aromatic carbocycles. The number of nitrogens with one attached hydrogen (secondary N) is 2. The molecule has 7 nitrogen and oxygen atoms in total. The molecule has 0 aliphatic carbocycles. The van der Waals surface area contributed by atoms with Gasteiger partial charge in [0.15, 0.2) is 12.0 Å². The van der Waals surface area contributed by atoms with E-state index >= 15 is 0 Å². The molecule has 2 heterocycles. The molecule has 2 fully saturated rings. The standard InChI is InChI=1S/C21H31N5O2/c1-3-4-5-9-14-22-20-23-18-17(19(27)24-21(28)25(18)2)26(20)15-10-13-16-11-7-6-8-12-16/h6-8,11-12,17-18H,3-5,9-10,13-15H2,1-2H3,(H,22,23)(H,24,27,28). The minimum atomic E-state index is -0.437. The first-order valence-corrected chi connectivity index (χ1v) is 10.3. The van der Waals surface area contributed by atoms with E-state index in [1.165, 1.54) is 18.4 Å². The number of hydrogen-bond donors (Lipinski definition) is 2. The Balaban J connectivity index is 1.68. The summed E-state index contributed by atoms with van der Waals surface area (Å²) in [4.78, 5) is 32.8. The topological polar surface area (TPSA) is 77.0 Å². The molecule has 28 heavy (non-hydrogen) atoms. The second-order valence-electron chi connectivity index (χ2n) is 7.49. The molecule has 3 amide bonds. The Morgan fingerprint density at radius 3 is 2.61 bits per heavy atom. The Kier molecular flexibility index (Phi) is 6.90. The summed E-state index contributed by atoms with van der Waals surface area (Å²) < 4.78 is 0. The largest absolute Gasteiger partial charge is 0.334 e. The summed E-state index contributed by atoms with van der Waals surface area (Å²) in [5, 5.41) is 5.77. The third-order valence-corrected chi connectivity index (χ3v) is 5.40. The van der Waals surface area contributed by atoms with Crippen LogP contribution in [-0.4, -0.2) is 60.0 Å². The Labute approximate surface area is 167 Å². The SMILES string of the molecule is CCCCCCN=C1NC2C(C(=O)NC(=O)N2C)N1CCCc1ccccc1. The molecule has 7 heteroatoms. The van der Waals surface area contributed by atoms with Gasteiger partial charge in [-0.3, -0.25) is 15.1 Å². The summed E-state index contributed by atoms with van der Waals surface area (Å²) in [7, 11) is 1.71. The molecule has 0 spiro atoms. The normalized spacial score (nSPS) is 23.0. The van der Waals surface area contributed by atoms with Crippen molar-refractivity contribution in [1.29, 1.82) is 0 Å². The van der Waals surface area contributed by atoms with Gasteiger partial charge < -0.3 is 15.1 Å². The maximum Gasteiger partial charge on any atom is 0.325 e. The number of fused-ring (bicyclic) bond motifs is 1. The summed E-state index contributed by atoms with van der Waals surface area (Å²) in [6, 6.07) is 9.53. The number of imide groups is 1. The van der Waals surface area contributed by atoms with Crippen LogP contribution in [0.25, 0.3) is 0 Å². The molecule has 1 aromatic rings. The molecule has 2 N–H and O–H groups in total. The van der Waals surface area contributed by atoms with Gasteiger partial charge in [-0.2, -0.15) is 0 Å². The summed E-state index contributed by atoms with van der Waals surface area (Å²) >= 11 is 0. The molecule has 2 aliphatic heterocycles. The van der Waals surface area contributed by atoms with Crippen LogP contribution in [0.2, 0.25) is 0 Å². The van der Waals surface area contributed by atoms with Crippen LogP contribution in [-0.2, 0) is 11.2 Å². The molecule has 2 aliphatic rings. The summed E-state index contributed by atoms with van der Waals surface area (Å²) in [5.41, 5.74) is 1.28. The van der Waals surface area contributed by atoms with Gasteiger partial charge in [-0.25, -0.2) is 4.79 Å². The van der Waals surface area contributed by atoms with E-state index in [9.17, 15) is 9.59 Å². The molecule has 0 aromatic heterocycles. The molecule has 2 unspecified atom stereocenters. The molecule has 3 rings (SSSR count). The van der Waals surface area contributed by atoms with Crippen molar-refractivity contribution >= 4 is 17.9 Å². The van der Waals surface area contributed by atoms with Crippen LogP contribution in [0.4, 0.5) is 4.79 Å². The van der Waals surface area contributed by atoms with E-state index in [-0.39, 0.29) is 18.1 Å². The minimum Gasteiger partial charge on any atom is -0.334 e. The quantitative estimate of drug-likeness (QED) is 0.640. The number of nitrogens with zero attached hydrogens (tertiary/aromatic N) is 3. The number of guanidine groups is 1. The maximum absolute atomic E-state index is 12.5. The Morgan fingerprint density at radius 1 is 1.07 bits per heavy atom. The first kappa shape index (κ1) is 20.2. The van der Waals surface area contributed by atoms with Gasteiger partial charge in [0.25, 0.3) is 5.91 Å².